The fourth-order valence-electron chi connectivity index (χ4n) is 3.44. The number of nitrogens with zero attached hydrogens (tertiary/aromatic N) is 7. The molecule has 1 fully saturated rings. The molecule has 0 spiro atoms. The van der Waals surface area contributed by atoms with Crippen molar-refractivity contribution >= 4 is 11.8 Å². The van der Waals surface area contributed by atoms with Crippen molar-refractivity contribution in [2.45, 2.75) is 39.2 Å². The predicted molar refractivity (Wildman–Crippen MR) is 109 cm³/mol. The number of nitrogens with one attached hydrogen (secondary N) is 1. The molecule has 0 saturated carbocycles. The molecule has 8 nitrogen and oxygen atoms in total. The maximum atomic E-state index is 4.74. The van der Waals surface area contributed by atoms with Gasteiger partial charge >= 0.3 is 0 Å². The Morgan fingerprint density at radius 3 is 2.82 bits per heavy atom. The molecule has 28 heavy (non-hydrogen) atoms. The summed E-state index contributed by atoms with van der Waals surface area (Å²) in [6.45, 7) is 7.99. The van der Waals surface area contributed by atoms with Crippen molar-refractivity contribution in [3.63, 3.8) is 0 Å². The van der Waals surface area contributed by atoms with Crippen molar-refractivity contribution < 1.29 is 0 Å². The van der Waals surface area contributed by atoms with Gasteiger partial charge in [-0.25, -0.2) is 19.9 Å². The lowest BCUT2D eigenvalue weighted by Crippen LogP contribution is -2.27. The summed E-state index contributed by atoms with van der Waals surface area (Å²) < 4.78 is 1.78. The van der Waals surface area contributed by atoms with E-state index < -0.39 is 0 Å². The van der Waals surface area contributed by atoms with Crippen LogP contribution in [0.25, 0.3) is 11.3 Å². The SMILES string of the molecule is Cc1nc(NC2CCN(c3nccc(-c4cnn(C)c4)n3)C2)cc(C(C)C)n1. The minimum absolute atomic E-state index is 0.306. The summed E-state index contributed by atoms with van der Waals surface area (Å²) in [6, 6.07) is 4.28. The van der Waals surface area contributed by atoms with E-state index >= 15 is 0 Å². The Morgan fingerprint density at radius 2 is 2.07 bits per heavy atom. The van der Waals surface area contributed by atoms with Gasteiger partial charge in [0.15, 0.2) is 0 Å². The first kappa shape index (κ1) is 18.3. The lowest BCUT2D eigenvalue weighted by Gasteiger charge is -2.18. The topological polar surface area (TPSA) is 84.7 Å². The van der Waals surface area contributed by atoms with Crippen LogP contribution in [0, 0.1) is 6.92 Å². The number of aryl methyl sites for hydroxylation is 2. The van der Waals surface area contributed by atoms with E-state index in [0.29, 0.717) is 12.0 Å². The first-order valence-corrected chi connectivity index (χ1v) is 9.67. The standard InChI is InChI=1S/C20H26N8/c1-13(2)18-9-19(24-14(3)23-18)25-16-6-8-28(12-16)20-21-7-5-17(26-20)15-10-22-27(4)11-15/h5,7,9-11,13,16H,6,8,12H2,1-4H3,(H,23,24,25). The van der Waals surface area contributed by atoms with Crippen LogP contribution >= 0.6 is 0 Å². The quantitative estimate of drug-likeness (QED) is 0.731. The molecule has 1 atom stereocenters. The highest BCUT2D eigenvalue weighted by Crippen LogP contribution is 2.23. The Balaban J connectivity index is 1.46. The molecule has 4 heterocycles. The Kier molecular flexibility index (Phi) is 4.93. The third kappa shape index (κ3) is 3.95. The van der Waals surface area contributed by atoms with Gasteiger partial charge in [0.1, 0.15) is 11.6 Å². The minimum Gasteiger partial charge on any atom is -0.365 e. The van der Waals surface area contributed by atoms with Crippen LogP contribution in [-0.2, 0) is 7.05 Å². The van der Waals surface area contributed by atoms with Gasteiger partial charge in [0.05, 0.1) is 11.9 Å². The first-order valence-electron chi connectivity index (χ1n) is 9.67. The van der Waals surface area contributed by atoms with Gasteiger partial charge < -0.3 is 10.2 Å². The van der Waals surface area contributed by atoms with E-state index in [0.717, 1.165) is 54.1 Å². The molecule has 1 aliphatic rings. The zero-order chi connectivity index (χ0) is 19.7. The number of hydrogen-bond acceptors (Lipinski definition) is 7. The molecule has 1 N–H and O–H groups in total. The van der Waals surface area contributed by atoms with Crippen molar-refractivity contribution in [1.82, 2.24) is 29.7 Å². The van der Waals surface area contributed by atoms with Crippen LogP contribution in [0.1, 0.15) is 37.7 Å². The zero-order valence-electron chi connectivity index (χ0n) is 16.8. The second-order valence-corrected chi connectivity index (χ2v) is 7.60. The monoisotopic (exact) mass is 378 g/mol. The maximum absolute atomic E-state index is 4.74. The van der Waals surface area contributed by atoms with E-state index in [1.807, 2.05) is 38.6 Å². The second-order valence-electron chi connectivity index (χ2n) is 7.60. The van der Waals surface area contributed by atoms with Gasteiger partial charge in [-0.05, 0) is 25.3 Å². The Bertz CT molecular complexity index is 964. The molecule has 0 radical (unpaired) electrons. The van der Waals surface area contributed by atoms with Crippen LogP contribution in [-0.4, -0.2) is 48.8 Å². The molecule has 146 valence electrons. The zero-order valence-corrected chi connectivity index (χ0v) is 16.8. The second kappa shape index (κ2) is 7.53. The van der Waals surface area contributed by atoms with Crippen molar-refractivity contribution in [2.24, 2.45) is 7.05 Å². The summed E-state index contributed by atoms with van der Waals surface area (Å²) >= 11 is 0. The van der Waals surface area contributed by atoms with Gasteiger partial charge in [0, 0.05) is 55.9 Å². The molecule has 3 aromatic heterocycles. The van der Waals surface area contributed by atoms with E-state index in [4.69, 9.17) is 4.98 Å². The Labute approximate surface area is 165 Å². The number of anilines is 2. The number of aromatic nitrogens is 6. The summed E-state index contributed by atoms with van der Waals surface area (Å²) in [6.07, 6.45) is 6.61. The minimum atomic E-state index is 0.306. The van der Waals surface area contributed by atoms with Gasteiger partial charge in [-0.3, -0.25) is 4.68 Å². The third-order valence-electron chi connectivity index (χ3n) is 4.92. The van der Waals surface area contributed by atoms with Crippen LogP contribution in [0.2, 0.25) is 0 Å². The summed E-state index contributed by atoms with van der Waals surface area (Å²) in [7, 11) is 1.90. The Morgan fingerprint density at radius 1 is 1.21 bits per heavy atom. The van der Waals surface area contributed by atoms with Crippen molar-refractivity contribution in [1.29, 1.82) is 0 Å². The highest BCUT2D eigenvalue weighted by Gasteiger charge is 2.25. The molecule has 0 aromatic carbocycles. The molecular formula is C20H26N8. The van der Waals surface area contributed by atoms with E-state index in [2.05, 4.69) is 50.2 Å². The van der Waals surface area contributed by atoms with Crippen LogP contribution in [0.3, 0.4) is 0 Å². The number of hydrogen-bond donors (Lipinski definition) is 1. The summed E-state index contributed by atoms with van der Waals surface area (Å²) in [4.78, 5) is 20.5. The summed E-state index contributed by atoms with van der Waals surface area (Å²) in [5.74, 6) is 2.84. The fourth-order valence-corrected chi connectivity index (χ4v) is 3.44. The molecule has 1 aliphatic heterocycles. The lowest BCUT2D eigenvalue weighted by molar-refractivity contribution is 0.768. The highest BCUT2D eigenvalue weighted by atomic mass is 15.3. The number of rotatable bonds is 5. The predicted octanol–water partition coefficient (Wildman–Crippen LogP) is 2.79. The van der Waals surface area contributed by atoms with Crippen molar-refractivity contribution in [3.8, 4) is 11.3 Å². The average Bonchev–Trinajstić information content (AvgIpc) is 3.30. The van der Waals surface area contributed by atoms with E-state index in [9.17, 15) is 0 Å². The van der Waals surface area contributed by atoms with Crippen LogP contribution in [0.5, 0.6) is 0 Å². The molecule has 8 heteroatoms. The molecule has 4 rings (SSSR count). The van der Waals surface area contributed by atoms with Crippen LogP contribution in [0.4, 0.5) is 11.8 Å². The first-order chi connectivity index (χ1) is 13.5. The van der Waals surface area contributed by atoms with Crippen LogP contribution in [0.15, 0.2) is 30.7 Å². The highest BCUT2D eigenvalue weighted by molar-refractivity contribution is 5.58. The Hall–Kier alpha value is -3.03. The van der Waals surface area contributed by atoms with Gasteiger partial charge in [-0.2, -0.15) is 5.10 Å². The maximum Gasteiger partial charge on any atom is 0.225 e. The van der Waals surface area contributed by atoms with Gasteiger partial charge in [-0.15, -0.1) is 0 Å². The lowest BCUT2D eigenvalue weighted by atomic mass is 10.1. The van der Waals surface area contributed by atoms with Gasteiger partial charge in [-0.1, -0.05) is 13.8 Å². The van der Waals surface area contributed by atoms with Crippen LogP contribution < -0.4 is 10.2 Å². The normalized spacial score (nSPS) is 16.8. The molecule has 1 saturated heterocycles. The van der Waals surface area contributed by atoms with E-state index in [-0.39, 0.29) is 0 Å². The van der Waals surface area contributed by atoms with Crippen molar-refractivity contribution in [3.05, 3.63) is 42.2 Å². The molecular weight excluding hydrogens is 352 g/mol. The fraction of sp³-hybridized carbons (Fsp3) is 0.450. The smallest absolute Gasteiger partial charge is 0.225 e. The average molecular weight is 378 g/mol. The molecule has 1 unspecified atom stereocenters. The molecule has 0 aliphatic carbocycles. The van der Waals surface area contributed by atoms with Gasteiger partial charge in [0.2, 0.25) is 5.95 Å². The summed E-state index contributed by atoms with van der Waals surface area (Å²) in [5, 5.41) is 7.79. The molecule has 0 amide bonds. The molecule has 0 bridgehead atoms. The van der Waals surface area contributed by atoms with Crippen molar-refractivity contribution in [2.75, 3.05) is 23.3 Å². The third-order valence-corrected chi connectivity index (χ3v) is 4.92. The summed E-state index contributed by atoms with van der Waals surface area (Å²) in [5.41, 5.74) is 2.96. The van der Waals surface area contributed by atoms with Gasteiger partial charge in [0.25, 0.3) is 0 Å². The van der Waals surface area contributed by atoms with E-state index in [1.54, 1.807) is 4.68 Å². The largest absolute Gasteiger partial charge is 0.365 e. The van der Waals surface area contributed by atoms with E-state index in [1.165, 1.54) is 0 Å². The molecule has 3 aromatic rings.